The molecule has 0 aromatic heterocycles. The van der Waals surface area contributed by atoms with E-state index in [0.717, 1.165) is 31.1 Å². The lowest BCUT2D eigenvalue weighted by atomic mass is 9.95. The highest BCUT2D eigenvalue weighted by Gasteiger charge is 2.29. The van der Waals surface area contributed by atoms with Crippen LogP contribution >= 0.6 is 11.6 Å². The van der Waals surface area contributed by atoms with Crippen LogP contribution in [0.2, 0.25) is 5.02 Å². The van der Waals surface area contributed by atoms with Gasteiger partial charge in [-0.2, -0.15) is 0 Å². The van der Waals surface area contributed by atoms with Crippen LogP contribution in [-0.2, 0) is 4.74 Å². The molecule has 1 aliphatic rings. The van der Waals surface area contributed by atoms with E-state index in [4.69, 9.17) is 16.3 Å². The van der Waals surface area contributed by atoms with Crippen molar-refractivity contribution in [1.82, 2.24) is 5.32 Å². The predicted molar refractivity (Wildman–Crippen MR) is 76.0 cm³/mol. The lowest BCUT2D eigenvalue weighted by Gasteiger charge is -2.20. The van der Waals surface area contributed by atoms with Crippen molar-refractivity contribution < 1.29 is 4.74 Å². The molecule has 0 radical (unpaired) electrons. The first-order chi connectivity index (χ1) is 8.66. The van der Waals surface area contributed by atoms with E-state index in [1.807, 2.05) is 18.2 Å². The molecule has 0 saturated carbocycles. The highest BCUT2D eigenvalue weighted by atomic mass is 35.5. The summed E-state index contributed by atoms with van der Waals surface area (Å²) >= 11 is 6.05. The fourth-order valence-corrected chi connectivity index (χ4v) is 2.65. The van der Waals surface area contributed by atoms with Crippen LogP contribution in [0.1, 0.15) is 31.9 Å². The van der Waals surface area contributed by atoms with Crippen LogP contribution in [-0.4, -0.2) is 19.7 Å². The number of hydrogen-bond donors (Lipinski definition) is 1. The van der Waals surface area contributed by atoms with E-state index in [2.05, 4.69) is 25.2 Å². The molecular formula is C15H22ClNO. The third kappa shape index (κ3) is 3.71. The first-order valence-electron chi connectivity index (χ1n) is 6.74. The molecule has 100 valence electrons. The third-order valence-electron chi connectivity index (χ3n) is 3.35. The molecule has 1 aromatic rings. The number of hydrogen-bond acceptors (Lipinski definition) is 2. The second-order valence-electron chi connectivity index (χ2n) is 5.45. The number of benzene rings is 1. The molecule has 1 N–H and O–H groups in total. The van der Waals surface area contributed by atoms with E-state index in [-0.39, 0.29) is 6.10 Å². The molecule has 1 aliphatic heterocycles. The van der Waals surface area contributed by atoms with Crippen molar-refractivity contribution >= 4 is 11.6 Å². The summed E-state index contributed by atoms with van der Waals surface area (Å²) in [6.45, 7) is 7.40. The Labute approximate surface area is 115 Å². The van der Waals surface area contributed by atoms with E-state index >= 15 is 0 Å². The standard InChI is InChI=1S/C15H22ClNO/c1-11(2)9-17-10-13-6-7-18-15(13)12-4-3-5-14(16)8-12/h3-5,8,11,13,15,17H,6-7,9-10H2,1-2H3. The molecular weight excluding hydrogens is 246 g/mol. The Morgan fingerprint density at radius 2 is 2.28 bits per heavy atom. The zero-order valence-electron chi connectivity index (χ0n) is 11.2. The molecule has 0 amide bonds. The molecule has 2 nitrogen and oxygen atoms in total. The summed E-state index contributed by atoms with van der Waals surface area (Å²) in [4.78, 5) is 0. The highest BCUT2D eigenvalue weighted by Crippen LogP contribution is 2.34. The van der Waals surface area contributed by atoms with Gasteiger partial charge in [0.15, 0.2) is 0 Å². The zero-order valence-corrected chi connectivity index (χ0v) is 11.9. The molecule has 0 bridgehead atoms. The van der Waals surface area contributed by atoms with Gasteiger partial charge in [0.2, 0.25) is 0 Å². The highest BCUT2D eigenvalue weighted by molar-refractivity contribution is 6.30. The van der Waals surface area contributed by atoms with Crippen LogP contribution in [0.25, 0.3) is 0 Å². The minimum Gasteiger partial charge on any atom is -0.373 e. The fourth-order valence-electron chi connectivity index (χ4n) is 2.45. The second kappa shape index (κ2) is 6.55. The van der Waals surface area contributed by atoms with Gasteiger partial charge in [0, 0.05) is 24.1 Å². The van der Waals surface area contributed by atoms with E-state index in [1.165, 1.54) is 5.56 Å². The second-order valence-corrected chi connectivity index (χ2v) is 5.88. The van der Waals surface area contributed by atoms with Crippen molar-refractivity contribution in [1.29, 1.82) is 0 Å². The van der Waals surface area contributed by atoms with Crippen molar-refractivity contribution in [2.75, 3.05) is 19.7 Å². The first kappa shape index (κ1) is 13.9. The summed E-state index contributed by atoms with van der Waals surface area (Å²) in [7, 11) is 0. The summed E-state index contributed by atoms with van der Waals surface area (Å²) in [6, 6.07) is 8.04. The molecule has 1 aromatic carbocycles. The number of halogens is 1. The maximum Gasteiger partial charge on any atom is 0.0866 e. The average molecular weight is 268 g/mol. The van der Waals surface area contributed by atoms with Crippen molar-refractivity contribution in [3.63, 3.8) is 0 Å². The number of nitrogens with one attached hydrogen (secondary N) is 1. The van der Waals surface area contributed by atoms with Gasteiger partial charge in [-0.05, 0) is 36.6 Å². The predicted octanol–water partition coefficient (Wildman–Crippen LogP) is 3.66. The lowest BCUT2D eigenvalue weighted by molar-refractivity contribution is 0.0904. The summed E-state index contributed by atoms with van der Waals surface area (Å²) in [6.07, 6.45) is 1.32. The minimum absolute atomic E-state index is 0.198. The quantitative estimate of drug-likeness (QED) is 0.879. The molecule has 1 heterocycles. The Morgan fingerprint density at radius 1 is 1.44 bits per heavy atom. The Balaban J connectivity index is 1.95. The monoisotopic (exact) mass is 267 g/mol. The van der Waals surface area contributed by atoms with Crippen molar-refractivity contribution in [2.45, 2.75) is 26.4 Å². The van der Waals surface area contributed by atoms with Gasteiger partial charge < -0.3 is 10.1 Å². The normalized spacial score (nSPS) is 23.8. The third-order valence-corrected chi connectivity index (χ3v) is 3.59. The van der Waals surface area contributed by atoms with Gasteiger partial charge in [0.1, 0.15) is 0 Å². The molecule has 0 aliphatic carbocycles. The summed E-state index contributed by atoms with van der Waals surface area (Å²) in [5.41, 5.74) is 1.20. The maximum atomic E-state index is 6.05. The Morgan fingerprint density at radius 3 is 3.00 bits per heavy atom. The molecule has 3 heteroatoms. The van der Waals surface area contributed by atoms with Gasteiger partial charge in [-0.1, -0.05) is 37.6 Å². The van der Waals surface area contributed by atoms with Crippen LogP contribution in [0.4, 0.5) is 0 Å². The zero-order chi connectivity index (χ0) is 13.0. The molecule has 2 rings (SSSR count). The summed E-state index contributed by atoms with van der Waals surface area (Å²) < 4.78 is 5.87. The average Bonchev–Trinajstić information content (AvgIpc) is 2.77. The van der Waals surface area contributed by atoms with Crippen LogP contribution < -0.4 is 5.32 Å². The summed E-state index contributed by atoms with van der Waals surface area (Å²) in [5, 5.41) is 4.32. The molecule has 0 spiro atoms. The van der Waals surface area contributed by atoms with Crippen LogP contribution in [0.3, 0.4) is 0 Å². The van der Waals surface area contributed by atoms with Gasteiger partial charge in [0.05, 0.1) is 6.10 Å². The van der Waals surface area contributed by atoms with Crippen LogP contribution in [0.15, 0.2) is 24.3 Å². The lowest BCUT2D eigenvalue weighted by Crippen LogP contribution is -2.27. The number of rotatable bonds is 5. The molecule has 1 saturated heterocycles. The maximum absolute atomic E-state index is 6.05. The van der Waals surface area contributed by atoms with Crippen LogP contribution in [0, 0.1) is 11.8 Å². The molecule has 2 unspecified atom stereocenters. The smallest absolute Gasteiger partial charge is 0.0866 e. The van der Waals surface area contributed by atoms with Crippen LogP contribution in [0.5, 0.6) is 0 Å². The topological polar surface area (TPSA) is 21.3 Å². The largest absolute Gasteiger partial charge is 0.373 e. The van der Waals surface area contributed by atoms with Crippen molar-refractivity contribution in [3.05, 3.63) is 34.9 Å². The van der Waals surface area contributed by atoms with E-state index in [1.54, 1.807) is 0 Å². The van der Waals surface area contributed by atoms with Crippen molar-refractivity contribution in [2.24, 2.45) is 11.8 Å². The van der Waals surface area contributed by atoms with E-state index in [9.17, 15) is 0 Å². The Hall–Kier alpha value is -0.570. The van der Waals surface area contributed by atoms with E-state index < -0.39 is 0 Å². The Bertz CT molecular complexity index is 381. The molecule has 1 fully saturated rings. The molecule has 18 heavy (non-hydrogen) atoms. The van der Waals surface area contributed by atoms with E-state index in [0.29, 0.717) is 11.8 Å². The van der Waals surface area contributed by atoms with Gasteiger partial charge in [0.25, 0.3) is 0 Å². The van der Waals surface area contributed by atoms with Gasteiger partial charge in [-0.15, -0.1) is 0 Å². The number of ether oxygens (including phenoxy) is 1. The van der Waals surface area contributed by atoms with Gasteiger partial charge in [-0.25, -0.2) is 0 Å². The van der Waals surface area contributed by atoms with Gasteiger partial charge in [-0.3, -0.25) is 0 Å². The first-order valence-corrected chi connectivity index (χ1v) is 7.12. The minimum atomic E-state index is 0.198. The van der Waals surface area contributed by atoms with Gasteiger partial charge >= 0.3 is 0 Å². The Kier molecular flexibility index (Phi) is 5.04. The SMILES string of the molecule is CC(C)CNCC1CCOC1c1cccc(Cl)c1. The van der Waals surface area contributed by atoms with Crippen molar-refractivity contribution in [3.8, 4) is 0 Å². The molecule has 2 atom stereocenters. The fraction of sp³-hybridized carbons (Fsp3) is 0.600. The summed E-state index contributed by atoms with van der Waals surface area (Å²) in [5.74, 6) is 1.25.